The zero-order valence-corrected chi connectivity index (χ0v) is 12.3. The lowest BCUT2D eigenvalue weighted by molar-refractivity contribution is 0.142. The molecule has 0 heterocycles. The highest BCUT2D eigenvalue weighted by atomic mass is 16.5. The fourth-order valence-corrected chi connectivity index (χ4v) is 2.95. The Morgan fingerprint density at radius 1 is 1.30 bits per heavy atom. The molecule has 1 saturated carbocycles. The summed E-state index contributed by atoms with van der Waals surface area (Å²) in [5.41, 5.74) is 2.72. The number of nitrogens with one attached hydrogen (secondary N) is 1. The molecule has 0 radical (unpaired) electrons. The van der Waals surface area contributed by atoms with Gasteiger partial charge in [-0.25, -0.2) is 0 Å². The minimum atomic E-state index is -0.210. The van der Waals surface area contributed by atoms with E-state index in [-0.39, 0.29) is 12.1 Å². The van der Waals surface area contributed by atoms with Crippen LogP contribution in [-0.4, -0.2) is 29.9 Å². The largest absolute Gasteiger partial charge is 0.494 e. The predicted octanol–water partition coefficient (Wildman–Crippen LogP) is 2.45. The normalized spacial score (nSPS) is 20.5. The molecule has 1 fully saturated rings. The Hall–Kier alpha value is -1.06. The van der Waals surface area contributed by atoms with Crippen LogP contribution in [0, 0.1) is 0 Å². The van der Waals surface area contributed by atoms with Gasteiger partial charge in [0.1, 0.15) is 5.75 Å². The minimum absolute atomic E-state index is 0.164. The van der Waals surface area contributed by atoms with Crippen molar-refractivity contribution in [1.82, 2.24) is 5.32 Å². The number of benzene rings is 1. The lowest BCUT2D eigenvalue weighted by Gasteiger charge is -2.29. The molecule has 2 aliphatic rings. The van der Waals surface area contributed by atoms with E-state index < -0.39 is 0 Å². The summed E-state index contributed by atoms with van der Waals surface area (Å²) < 4.78 is 5.88. The Balaban J connectivity index is 1.51. The maximum absolute atomic E-state index is 9.57. The minimum Gasteiger partial charge on any atom is -0.494 e. The van der Waals surface area contributed by atoms with Gasteiger partial charge in [-0.15, -0.1) is 0 Å². The molecule has 0 saturated heterocycles. The molecule has 1 aromatic rings. The van der Waals surface area contributed by atoms with Crippen molar-refractivity contribution in [2.45, 2.75) is 57.0 Å². The second-order valence-corrected chi connectivity index (χ2v) is 6.52. The molecule has 1 unspecified atom stereocenters. The van der Waals surface area contributed by atoms with Crippen molar-refractivity contribution in [2.24, 2.45) is 0 Å². The van der Waals surface area contributed by atoms with E-state index in [0.717, 1.165) is 12.2 Å². The van der Waals surface area contributed by atoms with E-state index >= 15 is 0 Å². The number of rotatable bonds is 7. The Labute approximate surface area is 121 Å². The van der Waals surface area contributed by atoms with Crippen molar-refractivity contribution < 1.29 is 9.84 Å². The topological polar surface area (TPSA) is 41.5 Å². The highest BCUT2D eigenvalue weighted by molar-refractivity contribution is 5.38. The Bertz CT molecular complexity index is 470. The molecule has 1 atom stereocenters. The third kappa shape index (κ3) is 3.33. The molecule has 3 heteroatoms. The molecular formula is C17H25NO2. The fraction of sp³-hybridized carbons (Fsp3) is 0.647. The van der Waals surface area contributed by atoms with Crippen molar-refractivity contribution in [3.8, 4) is 5.75 Å². The zero-order chi connectivity index (χ0) is 14.0. The average Bonchev–Trinajstić information content (AvgIpc) is 3.13. The number of aliphatic hydroxyl groups is 1. The summed E-state index contributed by atoms with van der Waals surface area (Å²) in [6.07, 6.45) is 6.97. The molecule has 0 amide bonds. The lowest BCUT2D eigenvalue weighted by Crippen LogP contribution is -2.48. The first kappa shape index (κ1) is 13.9. The zero-order valence-electron chi connectivity index (χ0n) is 12.3. The van der Waals surface area contributed by atoms with Gasteiger partial charge in [0.2, 0.25) is 0 Å². The van der Waals surface area contributed by atoms with Crippen LogP contribution in [0.2, 0.25) is 0 Å². The van der Waals surface area contributed by atoms with Gasteiger partial charge in [-0.3, -0.25) is 0 Å². The molecule has 2 aliphatic carbocycles. The molecule has 3 nitrogen and oxygen atoms in total. The van der Waals surface area contributed by atoms with Gasteiger partial charge in [-0.05, 0) is 62.3 Å². The van der Waals surface area contributed by atoms with E-state index in [1.807, 2.05) is 0 Å². The first-order valence-corrected chi connectivity index (χ1v) is 7.82. The first-order chi connectivity index (χ1) is 9.68. The molecular weight excluding hydrogens is 250 g/mol. The molecule has 2 N–H and O–H groups in total. The average molecular weight is 275 g/mol. The first-order valence-electron chi connectivity index (χ1n) is 7.82. The van der Waals surface area contributed by atoms with Crippen LogP contribution in [0.15, 0.2) is 18.2 Å². The van der Waals surface area contributed by atoms with Gasteiger partial charge < -0.3 is 15.2 Å². The summed E-state index contributed by atoms with van der Waals surface area (Å²) >= 11 is 0. The number of aliphatic hydroxyl groups excluding tert-OH is 1. The van der Waals surface area contributed by atoms with E-state index in [0.29, 0.717) is 12.6 Å². The van der Waals surface area contributed by atoms with Gasteiger partial charge >= 0.3 is 0 Å². The second kappa shape index (κ2) is 5.74. The molecule has 0 aromatic heterocycles. The number of hydrogen-bond donors (Lipinski definition) is 2. The Morgan fingerprint density at radius 2 is 2.10 bits per heavy atom. The Morgan fingerprint density at radius 3 is 2.85 bits per heavy atom. The van der Waals surface area contributed by atoms with Crippen molar-refractivity contribution in [3.63, 3.8) is 0 Å². The predicted molar refractivity (Wildman–Crippen MR) is 80.2 cm³/mol. The number of aryl methyl sites for hydroxylation is 2. The van der Waals surface area contributed by atoms with Crippen molar-refractivity contribution in [2.75, 3.05) is 13.2 Å². The van der Waals surface area contributed by atoms with Crippen LogP contribution < -0.4 is 10.1 Å². The number of hydrogen-bond acceptors (Lipinski definition) is 3. The van der Waals surface area contributed by atoms with Crippen LogP contribution in [0.4, 0.5) is 0 Å². The van der Waals surface area contributed by atoms with Crippen LogP contribution in [0.1, 0.15) is 43.7 Å². The number of ether oxygens (including phenoxy) is 1. The van der Waals surface area contributed by atoms with Crippen molar-refractivity contribution >= 4 is 0 Å². The third-order valence-corrected chi connectivity index (χ3v) is 4.47. The summed E-state index contributed by atoms with van der Waals surface area (Å²) in [4.78, 5) is 0. The van der Waals surface area contributed by atoms with E-state index in [4.69, 9.17) is 4.74 Å². The second-order valence-electron chi connectivity index (χ2n) is 6.52. The highest BCUT2D eigenvalue weighted by Gasteiger charge is 2.31. The van der Waals surface area contributed by atoms with Crippen LogP contribution in [0.3, 0.4) is 0 Å². The van der Waals surface area contributed by atoms with Crippen molar-refractivity contribution in [1.29, 1.82) is 0 Å². The van der Waals surface area contributed by atoms with Crippen LogP contribution in [0.25, 0.3) is 0 Å². The van der Waals surface area contributed by atoms with Gasteiger partial charge in [0.15, 0.2) is 0 Å². The SMILES string of the molecule is CC(CO)(CCOc1ccc2c(c1)CCC2)NC1CC1. The van der Waals surface area contributed by atoms with E-state index in [1.54, 1.807) is 0 Å². The van der Waals surface area contributed by atoms with Crippen LogP contribution >= 0.6 is 0 Å². The molecule has 0 spiro atoms. The number of fused-ring (bicyclic) bond motifs is 1. The van der Waals surface area contributed by atoms with Crippen LogP contribution in [0.5, 0.6) is 5.75 Å². The molecule has 1 aromatic carbocycles. The van der Waals surface area contributed by atoms with Gasteiger partial charge in [-0.1, -0.05) is 6.07 Å². The molecule has 0 aliphatic heterocycles. The monoisotopic (exact) mass is 275 g/mol. The van der Waals surface area contributed by atoms with E-state index in [2.05, 4.69) is 30.4 Å². The quantitative estimate of drug-likeness (QED) is 0.803. The third-order valence-electron chi connectivity index (χ3n) is 4.47. The standard InChI is InChI=1S/C17H25NO2/c1-17(12-19,18-15-6-7-15)9-10-20-16-8-5-13-3-2-4-14(13)11-16/h5,8,11,15,18-19H,2-4,6-7,9-10,12H2,1H3. The Kier molecular flexibility index (Phi) is 3.99. The van der Waals surface area contributed by atoms with Gasteiger partial charge in [0.25, 0.3) is 0 Å². The summed E-state index contributed by atoms with van der Waals surface area (Å²) in [6, 6.07) is 7.07. The van der Waals surface area contributed by atoms with Crippen molar-refractivity contribution in [3.05, 3.63) is 29.3 Å². The maximum atomic E-state index is 9.57. The summed E-state index contributed by atoms with van der Waals surface area (Å²) in [6.45, 7) is 2.89. The summed E-state index contributed by atoms with van der Waals surface area (Å²) in [7, 11) is 0. The summed E-state index contributed by atoms with van der Waals surface area (Å²) in [5.74, 6) is 0.970. The fourth-order valence-electron chi connectivity index (χ4n) is 2.95. The van der Waals surface area contributed by atoms with E-state index in [1.165, 1.54) is 43.2 Å². The van der Waals surface area contributed by atoms with Gasteiger partial charge in [0, 0.05) is 18.0 Å². The maximum Gasteiger partial charge on any atom is 0.119 e. The van der Waals surface area contributed by atoms with E-state index in [9.17, 15) is 5.11 Å². The lowest BCUT2D eigenvalue weighted by atomic mass is 9.99. The summed E-state index contributed by atoms with van der Waals surface area (Å²) in [5, 5.41) is 13.1. The molecule has 0 bridgehead atoms. The molecule has 3 rings (SSSR count). The van der Waals surface area contributed by atoms with Crippen LogP contribution in [-0.2, 0) is 12.8 Å². The highest BCUT2D eigenvalue weighted by Crippen LogP contribution is 2.27. The van der Waals surface area contributed by atoms with Gasteiger partial charge in [0.05, 0.1) is 13.2 Å². The molecule has 20 heavy (non-hydrogen) atoms. The van der Waals surface area contributed by atoms with Gasteiger partial charge in [-0.2, -0.15) is 0 Å². The smallest absolute Gasteiger partial charge is 0.119 e. The molecule has 110 valence electrons.